The second kappa shape index (κ2) is 7.84. The summed E-state index contributed by atoms with van der Waals surface area (Å²) in [6.45, 7) is 3.71. The number of fused-ring (bicyclic) bond motifs is 1. The lowest BCUT2D eigenvalue weighted by atomic mass is 10.0. The lowest BCUT2D eigenvalue weighted by Gasteiger charge is -2.13. The standard InChI is InChI=1S/C20H21N3O3S/c1-12-8-13(2)16(9-14(12)20(25)26)22-19(24)10-23-17-7-5-4-6-15(17)21-18(23)11-27-3/h4-9H,10-11H2,1-3H3,(H,22,24)(H,25,26). The Labute approximate surface area is 161 Å². The summed E-state index contributed by atoms with van der Waals surface area (Å²) in [5.41, 5.74) is 3.95. The lowest BCUT2D eigenvalue weighted by Crippen LogP contribution is -2.21. The van der Waals surface area contributed by atoms with Crippen molar-refractivity contribution in [2.45, 2.75) is 26.1 Å². The van der Waals surface area contributed by atoms with Gasteiger partial charge < -0.3 is 15.0 Å². The van der Waals surface area contributed by atoms with Crippen LogP contribution in [0, 0.1) is 13.8 Å². The third-order valence-corrected chi connectivity index (χ3v) is 4.93. The van der Waals surface area contributed by atoms with Crippen LogP contribution in [0.25, 0.3) is 11.0 Å². The summed E-state index contributed by atoms with van der Waals surface area (Å²) < 4.78 is 1.91. The van der Waals surface area contributed by atoms with Crippen molar-refractivity contribution in [3.05, 3.63) is 58.9 Å². The number of carboxylic acid groups (broad SMARTS) is 1. The molecule has 27 heavy (non-hydrogen) atoms. The number of amides is 1. The van der Waals surface area contributed by atoms with Crippen molar-refractivity contribution in [3.63, 3.8) is 0 Å². The van der Waals surface area contributed by atoms with Gasteiger partial charge in [-0.2, -0.15) is 11.8 Å². The zero-order chi connectivity index (χ0) is 19.6. The number of nitrogens with one attached hydrogen (secondary N) is 1. The van der Waals surface area contributed by atoms with Gasteiger partial charge in [0.15, 0.2) is 0 Å². The number of benzene rings is 2. The lowest BCUT2D eigenvalue weighted by molar-refractivity contribution is -0.116. The fraction of sp³-hybridized carbons (Fsp3) is 0.250. The number of para-hydroxylation sites is 2. The number of hydrogen-bond donors (Lipinski definition) is 2. The van der Waals surface area contributed by atoms with Gasteiger partial charge in [-0.15, -0.1) is 0 Å². The molecule has 7 heteroatoms. The molecule has 0 saturated carbocycles. The Kier molecular flexibility index (Phi) is 5.51. The van der Waals surface area contributed by atoms with E-state index in [4.69, 9.17) is 0 Å². The molecule has 0 saturated heterocycles. The van der Waals surface area contributed by atoms with Crippen molar-refractivity contribution < 1.29 is 14.7 Å². The Morgan fingerprint density at radius 2 is 1.93 bits per heavy atom. The highest BCUT2D eigenvalue weighted by Gasteiger charge is 2.16. The highest BCUT2D eigenvalue weighted by Crippen LogP contribution is 2.22. The number of aromatic carboxylic acids is 1. The zero-order valence-corrected chi connectivity index (χ0v) is 16.3. The second-order valence-corrected chi connectivity index (χ2v) is 7.24. The molecule has 1 heterocycles. The van der Waals surface area contributed by atoms with Crippen molar-refractivity contribution >= 4 is 40.4 Å². The number of carbonyl (C=O) groups is 2. The maximum absolute atomic E-state index is 12.7. The molecule has 2 aromatic carbocycles. The quantitative estimate of drug-likeness (QED) is 0.675. The summed E-state index contributed by atoms with van der Waals surface area (Å²) in [7, 11) is 0. The van der Waals surface area contributed by atoms with Crippen LogP contribution in [0.5, 0.6) is 0 Å². The van der Waals surface area contributed by atoms with E-state index in [1.807, 2.05) is 42.0 Å². The van der Waals surface area contributed by atoms with E-state index in [0.717, 1.165) is 22.4 Å². The molecule has 6 nitrogen and oxygen atoms in total. The summed E-state index contributed by atoms with van der Waals surface area (Å²) in [6.07, 6.45) is 1.99. The van der Waals surface area contributed by atoms with Crippen molar-refractivity contribution in [2.24, 2.45) is 0 Å². The molecule has 0 unspecified atom stereocenters. The Hall–Kier alpha value is -2.80. The predicted octanol–water partition coefficient (Wildman–Crippen LogP) is 3.85. The number of aromatic nitrogens is 2. The molecule has 1 aromatic heterocycles. The van der Waals surface area contributed by atoms with Crippen LogP contribution < -0.4 is 5.32 Å². The maximum Gasteiger partial charge on any atom is 0.336 e. The van der Waals surface area contributed by atoms with Gasteiger partial charge in [-0.3, -0.25) is 4.79 Å². The van der Waals surface area contributed by atoms with Crippen LogP contribution >= 0.6 is 11.8 Å². The summed E-state index contributed by atoms with van der Waals surface area (Å²) in [4.78, 5) is 28.7. The summed E-state index contributed by atoms with van der Waals surface area (Å²) >= 11 is 1.64. The number of aryl methyl sites for hydroxylation is 2. The molecule has 0 bridgehead atoms. The summed E-state index contributed by atoms with van der Waals surface area (Å²) in [5.74, 6) is 0.315. The minimum absolute atomic E-state index is 0.117. The number of rotatable bonds is 6. The number of imidazole rings is 1. The fourth-order valence-electron chi connectivity index (χ4n) is 3.09. The van der Waals surface area contributed by atoms with E-state index in [-0.39, 0.29) is 18.0 Å². The number of carboxylic acids is 1. The van der Waals surface area contributed by atoms with Gasteiger partial charge in [-0.25, -0.2) is 9.78 Å². The third-order valence-electron chi connectivity index (χ3n) is 4.38. The number of thioether (sulfide) groups is 1. The van der Waals surface area contributed by atoms with E-state index in [9.17, 15) is 14.7 Å². The highest BCUT2D eigenvalue weighted by atomic mass is 32.2. The SMILES string of the molecule is CSCc1nc2ccccc2n1CC(=O)Nc1cc(C(=O)O)c(C)cc1C. The first-order valence-electron chi connectivity index (χ1n) is 8.48. The zero-order valence-electron chi connectivity index (χ0n) is 15.4. The van der Waals surface area contributed by atoms with E-state index in [1.54, 1.807) is 24.8 Å². The van der Waals surface area contributed by atoms with Gasteiger partial charge in [0.05, 0.1) is 22.3 Å². The molecular formula is C20H21N3O3S. The molecule has 0 atom stereocenters. The van der Waals surface area contributed by atoms with Crippen LogP contribution in [0.3, 0.4) is 0 Å². The molecule has 3 aromatic rings. The van der Waals surface area contributed by atoms with Crippen LogP contribution in [0.1, 0.15) is 27.3 Å². The van der Waals surface area contributed by atoms with Crippen LogP contribution in [0.2, 0.25) is 0 Å². The first-order chi connectivity index (χ1) is 12.9. The molecule has 3 rings (SSSR count). The van der Waals surface area contributed by atoms with Gasteiger partial charge in [-0.05, 0) is 49.4 Å². The Bertz CT molecular complexity index is 1030. The molecule has 0 radical (unpaired) electrons. The van der Waals surface area contributed by atoms with E-state index in [2.05, 4.69) is 10.3 Å². The number of hydrogen-bond acceptors (Lipinski definition) is 4. The highest BCUT2D eigenvalue weighted by molar-refractivity contribution is 7.97. The average molecular weight is 383 g/mol. The molecule has 2 N–H and O–H groups in total. The van der Waals surface area contributed by atoms with Crippen LogP contribution in [0.15, 0.2) is 36.4 Å². The minimum Gasteiger partial charge on any atom is -0.478 e. The molecule has 1 amide bonds. The molecule has 0 aliphatic heterocycles. The van der Waals surface area contributed by atoms with E-state index >= 15 is 0 Å². The van der Waals surface area contributed by atoms with Gasteiger partial charge in [0, 0.05) is 5.69 Å². The molecule has 0 fully saturated rings. The van der Waals surface area contributed by atoms with Crippen molar-refractivity contribution in [1.82, 2.24) is 9.55 Å². The van der Waals surface area contributed by atoms with Gasteiger partial charge >= 0.3 is 5.97 Å². The molecule has 0 spiro atoms. The van der Waals surface area contributed by atoms with Crippen LogP contribution in [0.4, 0.5) is 5.69 Å². The molecule has 0 aliphatic rings. The number of nitrogens with zero attached hydrogens (tertiary/aromatic N) is 2. The summed E-state index contributed by atoms with van der Waals surface area (Å²) in [6, 6.07) is 11.0. The van der Waals surface area contributed by atoms with Gasteiger partial charge in [0.2, 0.25) is 5.91 Å². The van der Waals surface area contributed by atoms with E-state index < -0.39 is 5.97 Å². The van der Waals surface area contributed by atoms with Crippen molar-refractivity contribution in [2.75, 3.05) is 11.6 Å². The molecule has 0 aliphatic carbocycles. The first-order valence-corrected chi connectivity index (χ1v) is 9.87. The smallest absolute Gasteiger partial charge is 0.336 e. The minimum atomic E-state index is -1.01. The van der Waals surface area contributed by atoms with Crippen LogP contribution in [-0.2, 0) is 17.1 Å². The van der Waals surface area contributed by atoms with E-state index in [1.165, 1.54) is 6.07 Å². The monoisotopic (exact) mass is 383 g/mol. The second-order valence-electron chi connectivity index (χ2n) is 6.37. The Morgan fingerprint density at radius 1 is 1.19 bits per heavy atom. The summed E-state index contributed by atoms with van der Waals surface area (Å²) in [5, 5.41) is 12.2. The fourth-order valence-corrected chi connectivity index (χ4v) is 3.57. The average Bonchev–Trinajstić information content (AvgIpc) is 2.95. The third kappa shape index (κ3) is 3.98. The Balaban J connectivity index is 1.89. The van der Waals surface area contributed by atoms with Gasteiger partial charge in [0.25, 0.3) is 0 Å². The predicted molar refractivity (Wildman–Crippen MR) is 108 cm³/mol. The van der Waals surface area contributed by atoms with Crippen molar-refractivity contribution in [3.8, 4) is 0 Å². The van der Waals surface area contributed by atoms with Crippen molar-refractivity contribution in [1.29, 1.82) is 0 Å². The largest absolute Gasteiger partial charge is 0.478 e. The molecule has 140 valence electrons. The first kappa shape index (κ1) is 19.0. The maximum atomic E-state index is 12.7. The van der Waals surface area contributed by atoms with Gasteiger partial charge in [0.1, 0.15) is 12.4 Å². The van der Waals surface area contributed by atoms with Crippen LogP contribution in [-0.4, -0.2) is 32.8 Å². The van der Waals surface area contributed by atoms with Gasteiger partial charge in [-0.1, -0.05) is 18.2 Å². The number of carbonyl (C=O) groups excluding carboxylic acids is 1. The molecular weight excluding hydrogens is 362 g/mol. The normalized spacial score (nSPS) is 10.9. The number of anilines is 1. The topological polar surface area (TPSA) is 84.2 Å². The van der Waals surface area contributed by atoms with E-state index in [0.29, 0.717) is 17.0 Å². The Morgan fingerprint density at radius 3 is 2.63 bits per heavy atom.